The van der Waals surface area contributed by atoms with Crippen LogP contribution < -0.4 is 5.32 Å². The second kappa shape index (κ2) is 5.30. The van der Waals surface area contributed by atoms with Gasteiger partial charge in [-0.25, -0.2) is 4.98 Å². The summed E-state index contributed by atoms with van der Waals surface area (Å²) in [5.41, 5.74) is 0.0594. The summed E-state index contributed by atoms with van der Waals surface area (Å²) < 4.78 is 37.4. The Morgan fingerprint density at radius 2 is 1.84 bits per heavy atom. The van der Waals surface area contributed by atoms with E-state index in [4.69, 9.17) is 0 Å². The summed E-state index contributed by atoms with van der Waals surface area (Å²) in [5.74, 6) is 0. The third kappa shape index (κ3) is 3.13. The monoisotopic (exact) mass is 286 g/mol. The number of benzene rings is 1. The number of nitrogens with zero attached hydrogens (tertiary/aromatic N) is 1. The third-order valence-electron chi connectivity index (χ3n) is 2.84. The van der Waals surface area contributed by atoms with E-state index >= 15 is 0 Å². The predicted octanol–water partition coefficient (Wildman–Crippen LogP) is 4.11. The lowest BCUT2D eigenvalue weighted by Gasteiger charge is -2.06. The Bertz CT molecular complexity index is 546. The van der Waals surface area contributed by atoms with Gasteiger partial charge in [0, 0.05) is 22.7 Å². The normalized spacial score (nSPS) is 13.5. The lowest BCUT2D eigenvalue weighted by molar-refractivity contribution is -0.137. The van der Waals surface area contributed by atoms with Crippen molar-refractivity contribution in [3.05, 3.63) is 40.9 Å². The van der Waals surface area contributed by atoms with E-state index in [-0.39, 0.29) is 6.04 Å². The van der Waals surface area contributed by atoms with Crippen LogP contribution >= 0.6 is 11.3 Å². The zero-order valence-electron chi connectivity index (χ0n) is 10.5. The van der Waals surface area contributed by atoms with Gasteiger partial charge in [0.2, 0.25) is 0 Å². The van der Waals surface area contributed by atoms with E-state index in [1.807, 2.05) is 14.0 Å². The average Bonchev–Trinajstić information content (AvgIpc) is 2.86. The van der Waals surface area contributed by atoms with Gasteiger partial charge in [0.25, 0.3) is 0 Å². The minimum absolute atomic E-state index is 0.181. The molecule has 1 unspecified atom stereocenters. The fourth-order valence-electron chi connectivity index (χ4n) is 1.56. The molecule has 0 amide bonds. The molecule has 1 N–H and O–H groups in total. The van der Waals surface area contributed by atoms with E-state index in [2.05, 4.69) is 10.3 Å². The molecule has 6 heteroatoms. The minimum atomic E-state index is -4.30. The highest BCUT2D eigenvalue weighted by Crippen LogP contribution is 2.33. The number of halogens is 3. The van der Waals surface area contributed by atoms with Crippen molar-refractivity contribution in [3.8, 4) is 10.6 Å². The molecule has 19 heavy (non-hydrogen) atoms. The maximum atomic E-state index is 12.5. The smallest absolute Gasteiger partial charge is 0.312 e. The van der Waals surface area contributed by atoms with Crippen molar-refractivity contribution < 1.29 is 13.2 Å². The summed E-state index contributed by atoms with van der Waals surface area (Å²) in [7, 11) is 1.85. The highest BCUT2D eigenvalue weighted by Gasteiger charge is 2.30. The van der Waals surface area contributed by atoms with E-state index in [1.54, 1.807) is 6.20 Å². The largest absolute Gasteiger partial charge is 0.416 e. The summed E-state index contributed by atoms with van der Waals surface area (Å²) >= 11 is 1.48. The van der Waals surface area contributed by atoms with Crippen LogP contribution in [0.15, 0.2) is 30.5 Å². The zero-order chi connectivity index (χ0) is 14.0. The summed E-state index contributed by atoms with van der Waals surface area (Å²) in [6.07, 6.45) is -2.55. The maximum Gasteiger partial charge on any atom is 0.416 e. The van der Waals surface area contributed by atoms with Crippen LogP contribution in [0, 0.1) is 0 Å². The standard InChI is InChI=1S/C13H13F3N2S/c1-8(17-2)11-7-18-12(19-11)9-3-5-10(6-4-9)13(14,15)16/h3-8,17H,1-2H3. The van der Waals surface area contributed by atoms with Gasteiger partial charge in [-0.15, -0.1) is 11.3 Å². The number of rotatable bonds is 3. The molecule has 0 aliphatic heterocycles. The highest BCUT2D eigenvalue weighted by molar-refractivity contribution is 7.15. The van der Waals surface area contributed by atoms with Crippen LogP contribution in [0.2, 0.25) is 0 Å². The van der Waals surface area contributed by atoms with E-state index in [1.165, 1.54) is 23.5 Å². The average molecular weight is 286 g/mol. The molecule has 0 saturated carbocycles. The van der Waals surface area contributed by atoms with Gasteiger partial charge in [0.15, 0.2) is 0 Å². The Balaban J connectivity index is 2.25. The fourth-order valence-corrected chi connectivity index (χ4v) is 2.55. The molecular weight excluding hydrogens is 273 g/mol. The first kappa shape index (κ1) is 14.0. The molecule has 2 aromatic rings. The first-order valence-electron chi connectivity index (χ1n) is 5.72. The lowest BCUT2D eigenvalue weighted by Crippen LogP contribution is -2.10. The van der Waals surface area contributed by atoms with Gasteiger partial charge in [0.1, 0.15) is 5.01 Å². The molecule has 0 saturated heterocycles. The van der Waals surface area contributed by atoms with E-state index in [0.29, 0.717) is 5.56 Å². The van der Waals surface area contributed by atoms with Crippen LogP contribution in [0.25, 0.3) is 10.6 Å². The van der Waals surface area contributed by atoms with Crippen LogP contribution in [-0.2, 0) is 6.18 Å². The van der Waals surface area contributed by atoms with Gasteiger partial charge in [-0.3, -0.25) is 0 Å². The van der Waals surface area contributed by atoms with Crippen LogP contribution in [0.4, 0.5) is 13.2 Å². The first-order valence-corrected chi connectivity index (χ1v) is 6.54. The van der Waals surface area contributed by atoms with Crippen molar-refractivity contribution >= 4 is 11.3 Å². The van der Waals surface area contributed by atoms with E-state index < -0.39 is 11.7 Å². The zero-order valence-corrected chi connectivity index (χ0v) is 11.3. The minimum Gasteiger partial charge on any atom is -0.312 e. The summed E-state index contributed by atoms with van der Waals surface area (Å²) in [6.45, 7) is 2.00. The van der Waals surface area contributed by atoms with Crippen molar-refractivity contribution in [2.45, 2.75) is 19.1 Å². The second-order valence-electron chi connectivity index (χ2n) is 4.15. The van der Waals surface area contributed by atoms with E-state index in [9.17, 15) is 13.2 Å². The number of nitrogens with one attached hydrogen (secondary N) is 1. The van der Waals surface area contributed by atoms with Crippen molar-refractivity contribution in [2.75, 3.05) is 7.05 Å². The molecule has 1 aromatic carbocycles. The van der Waals surface area contributed by atoms with Crippen LogP contribution in [0.3, 0.4) is 0 Å². The molecule has 0 spiro atoms. The highest BCUT2D eigenvalue weighted by atomic mass is 32.1. The van der Waals surface area contributed by atoms with Gasteiger partial charge in [0.05, 0.1) is 5.56 Å². The number of aromatic nitrogens is 1. The molecule has 102 valence electrons. The summed E-state index contributed by atoms with van der Waals surface area (Å²) in [4.78, 5) is 5.30. The van der Waals surface area contributed by atoms with Gasteiger partial charge in [-0.2, -0.15) is 13.2 Å². The molecule has 2 nitrogen and oxygen atoms in total. The lowest BCUT2D eigenvalue weighted by atomic mass is 10.1. The topological polar surface area (TPSA) is 24.9 Å². The van der Waals surface area contributed by atoms with Crippen LogP contribution in [0.1, 0.15) is 23.4 Å². The Morgan fingerprint density at radius 1 is 1.21 bits per heavy atom. The summed E-state index contributed by atoms with van der Waals surface area (Å²) in [6, 6.07) is 5.25. The van der Waals surface area contributed by atoms with E-state index in [0.717, 1.165) is 22.0 Å². The fraction of sp³-hybridized carbons (Fsp3) is 0.308. The molecule has 2 rings (SSSR count). The molecule has 0 aliphatic carbocycles. The van der Waals surface area contributed by atoms with Crippen molar-refractivity contribution in [1.82, 2.24) is 10.3 Å². The summed E-state index contributed by atoms with van der Waals surface area (Å²) in [5, 5.41) is 3.82. The van der Waals surface area contributed by atoms with Crippen molar-refractivity contribution in [1.29, 1.82) is 0 Å². The Labute approximate surface area is 113 Å². The third-order valence-corrected chi connectivity index (χ3v) is 4.07. The predicted molar refractivity (Wildman–Crippen MR) is 70.0 cm³/mol. The maximum absolute atomic E-state index is 12.5. The Kier molecular flexibility index (Phi) is 3.91. The van der Waals surface area contributed by atoms with Gasteiger partial charge in [-0.1, -0.05) is 12.1 Å². The Hall–Kier alpha value is -1.40. The second-order valence-corrected chi connectivity index (χ2v) is 5.22. The number of thiazole rings is 1. The SMILES string of the molecule is CNC(C)c1cnc(-c2ccc(C(F)(F)F)cc2)s1. The van der Waals surface area contributed by atoms with Gasteiger partial charge >= 0.3 is 6.18 Å². The van der Waals surface area contributed by atoms with Gasteiger partial charge in [-0.05, 0) is 26.1 Å². The van der Waals surface area contributed by atoms with Crippen molar-refractivity contribution in [3.63, 3.8) is 0 Å². The molecule has 0 fully saturated rings. The molecule has 0 radical (unpaired) electrons. The van der Waals surface area contributed by atoms with Crippen LogP contribution in [-0.4, -0.2) is 12.0 Å². The molecular formula is C13H13F3N2S. The molecule has 1 atom stereocenters. The Morgan fingerprint density at radius 3 is 2.37 bits per heavy atom. The molecule has 0 aliphatic rings. The van der Waals surface area contributed by atoms with Crippen molar-refractivity contribution in [2.24, 2.45) is 0 Å². The molecule has 1 heterocycles. The molecule has 1 aromatic heterocycles. The molecule has 0 bridgehead atoms. The quantitative estimate of drug-likeness (QED) is 0.918. The van der Waals surface area contributed by atoms with Gasteiger partial charge < -0.3 is 5.32 Å². The first-order chi connectivity index (χ1) is 8.91. The number of hydrogen-bond acceptors (Lipinski definition) is 3. The number of hydrogen-bond donors (Lipinski definition) is 1. The number of alkyl halides is 3. The van der Waals surface area contributed by atoms with Crippen LogP contribution in [0.5, 0.6) is 0 Å².